The summed E-state index contributed by atoms with van der Waals surface area (Å²) in [6.07, 6.45) is 1.66. The van der Waals surface area contributed by atoms with E-state index >= 15 is 0 Å². The van der Waals surface area contributed by atoms with E-state index < -0.39 is 5.82 Å². The fourth-order valence-electron chi connectivity index (χ4n) is 3.69. The van der Waals surface area contributed by atoms with Crippen LogP contribution in [0.25, 0.3) is 15.9 Å². The molecule has 1 aliphatic heterocycles. The summed E-state index contributed by atoms with van der Waals surface area (Å²) in [6.45, 7) is 4.05. The van der Waals surface area contributed by atoms with Gasteiger partial charge in [-0.25, -0.2) is 9.37 Å². The van der Waals surface area contributed by atoms with Crippen LogP contribution in [0, 0.1) is 19.7 Å². The van der Waals surface area contributed by atoms with Crippen molar-refractivity contribution in [2.24, 2.45) is 0 Å². The van der Waals surface area contributed by atoms with Crippen LogP contribution in [-0.2, 0) is 13.0 Å². The zero-order valence-electron chi connectivity index (χ0n) is 16.1. The normalized spacial score (nSPS) is 13.0. The number of nitrogens with zero attached hydrogens (tertiary/aromatic N) is 6. The fraction of sp³-hybridized carbons (Fsp3) is 0.263. The molecule has 0 aliphatic carbocycles. The minimum absolute atomic E-state index is 0.0986. The molecule has 1 amide bonds. The maximum absolute atomic E-state index is 14.3. The second kappa shape index (κ2) is 6.80. The molecule has 1 N–H and O–H groups in total. The van der Waals surface area contributed by atoms with Crippen molar-refractivity contribution in [2.45, 2.75) is 33.2 Å². The highest BCUT2D eigenvalue weighted by Crippen LogP contribution is 2.29. The van der Waals surface area contributed by atoms with Crippen LogP contribution in [0.3, 0.4) is 0 Å². The Hall–Kier alpha value is -3.47. The number of nitrogens with one attached hydrogen (secondary N) is 1. The third-order valence-electron chi connectivity index (χ3n) is 5.18. The number of aromatic nitrogens is 6. The van der Waals surface area contributed by atoms with Gasteiger partial charge in [-0.2, -0.15) is 4.68 Å². The molecule has 5 rings (SSSR count). The van der Waals surface area contributed by atoms with Crippen molar-refractivity contribution in [2.75, 3.05) is 5.32 Å². The summed E-state index contributed by atoms with van der Waals surface area (Å²) in [5, 5.41) is 14.3. The number of halogens is 1. The SMILES string of the molecule is Cc1c(C(=O)Nc2ccc(F)c(-n3nnnc3C)c2)sc2nc3n(c(=O)c12)CCC3. The Bertz CT molecular complexity index is 1390. The minimum atomic E-state index is -0.520. The Labute approximate surface area is 173 Å². The Morgan fingerprint density at radius 2 is 2.13 bits per heavy atom. The van der Waals surface area contributed by atoms with Gasteiger partial charge in [-0.3, -0.25) is 14.2 Å². The van der Waals surface area contributed by atoms with Crippen LogP contribution in [-0.4, -0.2) is 35.7 Å². The van der Waals surface area contributed by atoms with Gasteiger partial charge >= 0.3 is 0 Å². The van der Waals surface area contributed by atoms with Gasteiger partial charge in [0.05, 0.1) is 10.3 Å². The van der Waals surface area contributed by atoms with Gasteiger partial charge in [0.1, 0.15) is 22.2 Å². The van der Waals surface area contributed by atoms with Crippen molar-refractivity contribution < 1.29 is 9.18 Å². The van der Waals surface area contributed by atoms with Crippen LogP contribution in [0.15, 0.2) is 23.0 Å². The maximum atomic E-state index is 14.3. The molecule has 0 unspecified atom stereocenters. The van der Waals surface area contributed by atoms with Gasteiger partial charge in [-0.1, -0.05) is 0 Å². The second-order valence-corrected chi connectivity index (χ2v) is 8.08. The number of hydrogen-bond acceptors (Lipinski definition) is 7. The Morgan fingerprint density at radius 3 is 2.90 bits per heavy atom. The molecule has 4 aromatic rings. The first-order valence-electron chi connectivity index (χ1n) is 9.33. The van der Waals surface area contributed by atoms with Crippen LogP contribution in [0.1, 0.15) is 33.3 Å². The van der Waals surface area contributed by atoms with Crippen molar-refractivity contribution >= 4 is 33.1 Å². The lowest BCUT2D eigenvalue weighted by Crippen LogP contribution is -2.20. The lowest BCUT2D eigenvalue weighted by atomic mass is 10.2. The Kier molecular flexibility index (Phi) is 4.21. The van der Waals surface area contributed by atoms with Gasteiger partial charge in [-0.15, -0.1) is 16.4 Å². The highest BCUT2D eigenvalue weighted by molar-refractivity contribution is 7.20. The van der Waals surface area contributed by atoms with Gasteiger partial charge < -0.3 is 5.32 Å². The van der Waals surface area contributed by atoms with Gasteiger partial charge in [0.2, 0.25) is 0 Å². The van der Waals surface area contributed by atoms with Crippen LogP contribution in [0.4, 0.5) is 10.1 Å². The van der Waals surface area contributed by atoms with Crippen LogP contribution in [0.5, 0.6) is 0 Å². The molecule has 30 heavy (non-hydrogen) atoms. The van der Waals surface area contributed by atoms with Gasteiger partial charge in [0, 0.05) is 18.7 Å². The summed E-state index contributed by atoms with van der Waals surface area (Å²) < 4.78 is 17.2. The average Bonchev–Trinajstić information content (AvgIpc) is 3.43. The number of tetrazole rings is 1. The third kappa shape index (κ3) is 2.81. The molecule has 152 valence electrons. The Balaban J connectivity index is 1.51. The van der Waals surface area contributed by atoms with E-state index in [2.05, 4.69) is 25.8 Å². The van der Waals surface area contributed by atoms with Crippen molar-refractivity contribution in [1.29, 1.82) is 0 Å². The predicted molar refractivity (Wildman–Crippen MR) is 109 cm³/mol. The molecule has 0 atom stereocenters. The highest BCUT2D eigenvalue weighted by atomic mass is 32.1. The number of rotatable bonds is 3. The summed E-state index contributed by atoms with van der Waals surface area (Å²) in [6, 6.07) is 4.16. The predicted octanol–water partition coefficient (Wildman–Crippen LogP) is 2.39. The van der Waals surface area contributed by atoms with E-state index in [-0.39, 0.29) is 17.2 Å². The molecule has 0 spiro atoms. The van der Waals surface area contributed by atoms with Crippen molar-refractivity contribution in [3.8, 4) is 5.69 Å². The summed E-state index contributed by atoms with van der Waals surface area (Å²) in [5.74, 6) is 0.275. The quantitative estimate of drug-likeness (QED) is 0.540. The number of fused-ring (bicyclic) bond motifs is 2. The molecule has 9 nitrogen and oxygen atoms in total. The largest absolute Gasteiger partial charge is 0.321 e. The third-order valence-corrected chi connectivity index (χ3v) is 6.36. The number of anilines is 1. The zero-order valence-corrected chi connectivity index (χ0v) is 17.0. The van der Waals surface area contributed by atoms with E-state index in [0.717, 1.165) is 18.7 Å². The van der Waals surface area contributed by atoms with Crippen molar-refractivity contribution in [3.05, 3.63) is 56.5 Å². The molecule has 0 saturated heterocycles. The molecule has 4 heterocycles. The maximum Gasteiger partial charge on any atom is 0.266 e. The highest BCUT2D eigenvalue weighted by Gasteiger charge is 2.23. The lowest BCUT2D eigenvalue weighted by molar-refractivity contribution is 0.103. The lowest BCUT2D eigenvalue weighted by Gasteiger charge is -2.08. The second-order valence-electron chi connectivity index (χ2n) is 7.08. The van der Waals surface area contributed by atoms with Gasteiger partial charge in [0.15, 0.2) is 5.82 Å². The molecule has 0 saturated carbocycles. The molecular formula is C19H16FN7O2S. The van der Waals surface area contributed by atoms with Gasteiger partial charge in [0.25, 0.3) is 11.5 Å². The summed E-state index contributed by atoms with van der Waals surface area (Å²) >= 11 is 1.19. The van der Waals surface area contributed by atoms with E-state index in [1.54, 1.807) is 18.4 Å². The van der Waals surface area contributed by atoms with E-state index in [4.69, 9.17) is 0 Å². The van der Waals surface area contributed by atoms with Crippen molar-refractivity contribution in [3.63, 3.8) is 0 Å². The number of aryl methyl sites for hydroxylation is 3. The van der Waals surface area contributed by atoms with Crippen LogP contribution in [0.2, 0.25) is 0 Å². The van der Waals surface area contributed by atoms with E-state index in [0.29, 0.717) is 38.7 Å². The molecule has 0 radical (unpaired) electrons. The number of thiophene rings is 1. The number of carbonyl (C=O) groups is 1. The van der Waals surface area contributed by atoms with Gasteiger partial charge in [-0.05, 0) is 54.5 Å². The fourth-order valence-corrected chi connectivity index (χ4v) is 4.77. The zero-order chi connectivity index (χ0) is 21.0. The van der Waals surface area contributed by atoms with Crippen LogP contribution < -0.4 is 10.9 Å². The first-order valence-corrected chi connectivity index (χ1v) is 10.1. The summed E-state index contributed by atoms with van der Waals surface area (Å²) in [7, 11) is 0. The first-order chi connectivity index (χ1) is 14.4. The molecule has 11 heteroatoms. The monoisotopic (exact) mass is 425 g/mol. The molecule has 3 aromatic heterocycles. The molecule has 0 fully saturated rings. The summed E-state index contributed by atoms with van der Waals surface area (Å²) in [5.41, 5.74) is 1.01. The van der Waals surface area contributed by atoms with E-state index in [9.17, 15) is 14.0 Å². The number of benzene rings is 1. The van der Waals surface area contributed by atoms with E-state index in [1.807, 2.05) is 0 Å². The minimum Gasteiger partial charge on any atom is -0.321 e. The number of carbonyl (C=O) groups excluding carboxylic acids is 1. The Morgan fingerprint density at radius 1 is 1.30 bits per heavy atom. The smallest absolute Gasteiger partial charge is 0.266 e. The first kappa shape index (κ1) is 18.6. The molecule has 1 aliphatic rings. The van der Waals surface area contributed by atoms with Crippen LogP contribution >= 0.6 is 11.3 Å². The molecular weight excluding hydrogens is 409 g/mol. The summed E-state index contributed by atoms with van der Waals surface area (Å²) in [4.78, 5) is 31.3. The van der Waals surface area contributed by atoms with Crippen molar-refractivity contribution in [1.82, 2.24) is 29.8 Å². The average molecular weight is 425 g/mol. The topological polar surface area (TPSA) is 108 Å². The standard InChI is InChI=1S/C19H16FN7O2S/c1-9-15-18(22-14-4-3-7-26(14)19(15)29)30-16(9)17(28)21-11-5-6-12(20)13(8-11)27-10(2)23-24-25-27/h5-6,8H,3-4,7H2,1-2H3,(H,21,28). The molecule has 0 bridgehead atoms. The number of hydrogen-bond donors (Lipinski definition) is 1. The molecule has 1 aromatic carbocycles. The number of amides is 1. The van der Waals surface area contributed by atoms with E-state index in [1.165, 1.54) is 34.2 Å².